The SMILES string of the molecule is C(=C\c1cnc(/C=C/c2ccc3ccccc3c2)cn1)/c1ccc2ccccc2c1. The largest absolute Gasteiger partial charge is 0.253 e. The Morgan fingerprint density at radius 3 is 1.30 bits per heavy atom. The number of benzene rings is 4. The average Bonchev–Trinajstić information content (AvgIpc) is 2.82. The molecular weight excluding hydrogens is 364 g/mol. The monoisotopic (exact) mass is 384 g/mol. The van der Waals surface area contributed by atoms with Crippen LogP contribution >= 0.6 is 0 Å². The summed E-state index contributed by atoms with van der Waals surface area (Å²) in [7, 11) is 0. The molecule has 0 spiro atoms. The predicted molar refractivity (Wildman–Crippen MR) is 128 cm³/mol. The first kappa shape index (κ1) is 18.0. The Balaban J connectivity index is 1.30. The van der Waals surface area contributed by atoms with E-state index in [1.165, 1.54) is 21.5 Å². The van der Waals surface area contributed by atoms with Gasteiger partial charge in [-0.05, 0) is 57.0 Å². The van der Waals surface area contributed by atoms with E-state index in [2.05, 4.69) is 107 Å². The summed E-state index contributed by atoms with van der Waals surface area (Å²) in [4.78, 5) is 9.04. The van der Waals surface area contributed by atoms with E-state index in [-0.39, 0.29) is 0 Å². The summed E-state index contributed by atoms with van der Waals surface area (Å²) in [6.07, 6.45) is 11.7. The van der Waals surface area contributed by atoms with Gasteiger partial charge in [-0.25, -0.2) is 0 Å². The summed E-state index contributed by atoms with van der Waals surface area (Å²) in [5.74, 6) is 0. The lowest BCUT2D eigenvalue weighted by Crippen LogP contribution is -1.86. The quantitative estimate of drug-likeness (QED) is 0.329. The van der Waals surface area contributed by atoms with Crippen LogP contribution in [0.25, 0.3) is 45.8 Å². The van der Waals surface area contributed by atoms with Crippen molar-refractivity contribution >= 4 is 45.8 Å². The lowest BCUT2D eigenvalue weighted by atomic mass is 10.1. The van der Waals surface area contributed by atoms with Crippen LogP contribution in [0, 0.1) is 0 Å². The van der Waals surface area contributed by atoms with Gasteiger partial charge in [0.15, 0.2) is 0 Å². The Bertz CT molecular complexity index is 1270. The summed E-state index contributed by atoms with van der Waals surface area (Å²) in [5, 5.41) is 4.97. The van der Waals surface area contributed by atoms with E-state index in [0.717, 1.165) is 22.5 Å². The van der Waals surface area contributed by atoms with Crippen LogP contribution in [0.15, 0.2) is 97.3 Å². The molecule has 0 aliphatic heterocycles. The van der Waals surface area contributed by atoms with Crippen molar-refractivity contribution < 1.29 is 0 Å². The van der Waals surface area contributed by atoms with Crippen molar-refractivity contribution in [2.24, 2.45) is 0 Å². The van der Waals surface area contributed by atoms with Crippen molar-refractivity contribution in [3.05, 3.63) is 120 Å². The van der Waals surface area contributed by atoms with E-state index < -0.39 is 0 Å². The van der Waals surface area contributed by atoms with Crippen LogP contribution in [0.5, 0.6) is 0 Å². The molecule has 0 aliphatic rings. The molecule has 0 N–H and O–H groups in total. The molecule has 1 aromatic heterocycles. The van der Waals surface area contributed by atoms with Crippen molar-refractivity contribution in [1.82, 2.24) is 9.97 Å². The lowest BCUT2D eigenvalue weighted by molar-refractivity contribution is 1.16. The zero-order valence-corrected chi connectivity index (χ0v) is 16.4. The third-order valence-corrected chi connectivity index (χ3v) is 5.13. The van der Waals surface area contributed by atoms with Gasteiger partial charge in [0, 0.05) is 0 Å². The van der Waals surface area contributed by atoms with E-state index in [0.29, 0.717) is 0 Å². The van der Waals surface area contributed by atoms with Crippen molar-refractivity contribution in [3.63, 3.8) is 0 Å². The highest BCUT2D eigenvalue weighted by Crippen LogP contribution is 2.18. The molecule has 0 radical (unpaired) electrons. The van der Waals surface area contributed by atoms with Crippen LogP contribution in [0.3, 0.4) is 0 Å². The molecule has 5 rings (SSSR count). The summed E-state index contributed by atoms with van der Waals surface area (Å²) >= 11 is 0. The number of hydrogen-bond acceptors (Lipinski definition) is 2. The number of nitrogens with zero attached hydrogens (tertiary/aromatic N) is 2. The molecule has 0 unspecified atom stereocenters. The first-order chi connectivity index (χ1) is 14.8. The molecule has 0 fully saturated rings. The Labute approximate surface area is 175 Å². The van der Waals surface area contributed by atoms with Gasteiger partial charge in [0.1, 0.15) is 0 Å². The number of fused-ring (bicyclic) bond motifs is 2. The first-order valence-electron chi connectivity index (χ1n) is 9.99. The standard InChI is InChI=1S/C28H20N2/c1-3-7-25-17-21(9-13-23(25)5-1)11-15-27-19-30-28(20-29-27)16-12-22-10-14-24-6-2-4-8-26(24)18-22/h1-20H/b15-11+,16-12+. The van der Waals surface area contributed by atoms with E-state index in [4.69, 9.17) is 0 Å². The van der Waals surface area contributed by atoms with Gasteiger partial charge in [0.25, 0.3) is 0 Å². The van der Waals surface area contributed by atoms with Gasteiger partial charge in [-0.1, -0.05) is 84.9 Å². The second-order valence-corrected chi connectivity index (χ2v) is 7.25. The van der Waals surface area contributed by atoms with Crippen molar-refractivity contribution in [2.75, 3.05) is 0 Å². The molecule has 30 heavy (non-hydrogen) atoms. The van der Waals surface area contributed by atoms with Crippen molar-refractivity contribution in [3.8, 4) is 0 Å². The fraction of sp³-hybridized carbons (Fsp3) is 0. The Morgan fingerprint density at radius 2 is 0.867 bits per heavy atom. The Morgan fingerprint density at radius 1 is 0.433 bits per heavy atom. The van der Waals surface area contributed by atoms with Gasteiger partial charge in [0.2, 0.25) is 0 Å². The third kappa shape index (κ3) is 4.03. The summed E-state index contributed by atoms with van der Waals surface area (Å²) in [6.45, 7) is 0. The molecule has 0 saturated heterocycles. The second-order valence-electron chi connectivity index (χ2n) is 7.25. The van der Waals surface area contributed by atoms with Gasteiger partial charge < -0.3 is 0 Å². The molecule has 0 aliphatic carbocycles. The first-order valence-corrected chi connectivity index (χ1v) is 9.99. The molecule has 0 bridgehead atoms. The Kier molecular flexibility index (Phi) is 4.89. The summed E-state index contributed by atoms with van der Waals surface area (Å²) in [5.41, 5.74) is 3.98. The minimum atomic E-state index is 0.839. The minimum absolute atomic E-state index is 0.839. The maximum atomic E-state index is 4.52. The maximum absolute atomic E-state index is 4.52. The zero-order chi connectivity index (χ0) is 20.2. The van der Waals surface area contributed by atoms with Crippen LogP contribution in [0.4, 0.5) is 0 Å². The molecule has 5 aromatic rings. The van der Waals surface area contributed by atoms with Crippen molar-refractivity contribution in [1.29, 1.82) is 0 Å². The molecule has 2 nitrogen and oxygen atoms in total. The van der Waals surface area contributed by atoms with Gasteiger partial charge in [-0.15, -0.1) is 0 Å². The smallest absolute Gasteiger partial charge is 0.0813 e. The fourth-order valence-corrected chi connectivity index (χ4v) is 3.51. The average molecular weight is 384 g/mol. The highest BCUT2D eigenvalue weighted by Gasteiger charge is 1.96. The van der Waals surface area contributed by atoms with E-state index >= 15 is 0 Å². The number of rotatable bonds is 4. The van der Waals surface area contributed by atoms with E-state index in [9.17, 15) is 0 Å². The predicted octanol–water partition coefficient (Wildman–Crippen LogP) is 7.12. The van der Waals surface area contributed by atoms with E-state index in [1.807, 2.05) is 12.2 Å². The highest BCUT2D eigenvalue weighted by molar-refractivity contribution is 5.86. The molecule has 0 amide bonds. The Hall–Kier alpha value is -4.04. The zero-order valence-electron chi connectivity index (χ0n) is 16.4. The molecule has 0 saturated carbocycles. The normalized spacial score (nSPS) is 11.7. The summed E-state index contributed by atoms with van der Waals surface area (Å²) < 4.78 is 0. The van der Waals surface area contributed by atoms with Crippen molar-refractivity contribution in [2.45, 2.75) is 0 Å². The summed E-state index contributed by atoms with van der Waals surface area (Å²) in [6, 6.07) is 29.6. The number of aromatic nitrogens is 2. The lowest BCUT2D eigenvalue weighted by Gasteiger charge is -2.00. The highest BCUT2D eigenvalue weighted by atomic mass is 14.8. The topological polar surface area (TPSA) is 25.8 Å². The van der Waals surface area contributed by atoms with Gasteiger partial charge in [0.05, 0.1) is 23.8 Å². The van der Waals surface area contributed by atoms with Gasteiger partial charge in [-0.2, -0.15) is 0 Å². The molecule has 142 valence electrons. The van der Waals surface area contributed by atoms with Crippen LogP contribution in [0.2, 0.25) is 0 Å². The number of hydrogen-bond donors (Lipinski definition) is 0. The fourth-order valence-electron chi connectivity index (χ4n) is 3.51. The van der Waals surface area contributed by atoms with Crippen LogP contribution < -0.4 is 0 Å². The van der Waals surface area contributed by atoms with Crippen LogP contribution in [-0.2, 0) is 0 Å². The van der Waals surface area contributed by atoms with Crippen LogP contribution in [-0.4, -0.2) is 9.97 Å². The third-order valence-electron chi connectivity index (χ3n) is 5.13. The van der Waals surface area contributed by atoms with Crippen LogP contribution in [0.1, 0.15) is 22.5 Å². The van der Waals surface area contributed by atoms with Gasteiger partial charge in [-0.3, -0.25) is 9.97 Å². The molecule has 1 heterocycles. The molecular formula is C28H20N2. The molecule has 4 aromatic carbocycles. The maximum Gasteiger partial charge on any atom is 0.0813 e. The van der Waals surface area contributed by atoms with Gasteiger partial charge >= 0.3 is 0 Å². The second kappa shape index (κ2) is 8.14. The minimum Gasteiger partial charge on any atom is -0.253 e. The molecule has 0 atom stereocenters. The van der Waals surface area contributed by atoms with E-state index in [1.54, 1.807) is 12.4 Å². The molecule has 2 heteroatoms.